The van der Waals surface area contributed by atoms with Gasteiger partial charge in [0.25, 0.3) is 0 Å². The molecule has 0 aliphatic carbocycles. The third-order valence-corrected chi connectivity index (χ3v) is 5.45. The van der Waals surface area contributed by atoms with E-state index in [1.807, 2.05) is 0 Å². The van der Waals surface area contributed by atoms with Gasteiger partial charge < -0.3 is 62.2 Å². The van der Waals surface area contributed by atoms with Crippen LogP contribution in [0, 0.1) is 0 Å². The van der Waals surface area contributed by atoms with Crippen molar-refractivity contribution < 1.29 is 61.7 Å². The van der Waals surface area contributed by atoms with Gasteiger partial charge in [-0.05, 0) is 19.8 Å². The molecule has 0 spiro atoms. The van der Waals surface area contributed by atoms with Gasteiger partial charge in [0.2, 0.25) is 0 Å². The van der Waals surface area contributed by atoms with Crippen molar-refractivity contribution in [2.24, 2.45) is 0 Å². The van der Waals surface area contributed by atoms with E-state index < -0.39 is 12.2 Å². The van der Waals surface area contributed by atoms with Crippen molar-refractivity contribution in [1.29, 1.82) is 0 Å². The van der Waals surface area contributed by atoms with E-state index in [9.17, 15) is 9.59 Å². The fourth-order valence-electron chi connectivity index (χ4n) is 3.21. The molecule has 0 heterocycles. The van der Waals surface area contributed by atoms with Gasteiger partial charge in [-0.15, -0.1) is 0 Å². The summed E-state index contributed by atoms with van der Waals surface area (Å²) in [7, 11) is 3.26. The first-order chi connectivity index (χ1) is 21.1. The number of Topliss-reactive ketones (excluding diaryl/α,β-unsaturated/α-hetero) is 1. The minimum atomic E-state index is -0.597. The number of amides is 1. The van der Waals surface area contributed by atoms with E-state index in [1.54, 1.807) is 21.1 Å². The number of methoxy groups -OCH3 is 2. The molecule has 0 rings (SSSR count). The second-order valence-electron chi connectivity index (χ2n) is 9.28. The molecule has 14 heteroatoms. The van der Waals surface area contributed by atoms with Crippen LogP contribution >= 0.6 is 0 Å². The lowest BCUT2D eigenvalue weighted by molar-refractivity contribution is -0.117. The lowest BCUT2D eigenvalue weighted by Gasteiger charge is -2.19. The zero-order chi connectivity index (χ0) is 31.5. The second kappa shape index (κ2) is 35.0. The molecule has 0 aliphatic heterocycles. The van der Waals surface area contributed by atoms with E-state index in [0.717, 1.165) is 19.3 Å². The first-order valence-electron chi connectivity index (χ1n) is 15.1. The maximum atomic E-state index is 12.3. The molecule has 0 unspecified atom stereocenters. The van der Waals surface area contributed by atoms with E-state index in [0.29, 0.717) is 119 Å². The average molecular weight is 628 g/mol. The number of carbonyl (C=O) groups excluding carboxylic acids is 2. The highest BCUT2D eigenvalue weighted by molar-refractivity contribution is 5.75. The van der Waals surface area contributed by atoms with Crippen LogP contribution in [0.2, 0.25) is 0 Å². The minimum absolute atomic E-state index is 0.159. The number of ketones is 1. The molecule has 0 bridgehead atoms. The number of rotatable bonds is 35. The van der Waals surface area contributed by atoms with E-state index in [1.165, 1.54) is 0 Å². The van der Waals surface area contributed by atoms with Gasteiger partial charge >= 0.3 is 6.09 Å². The van der Waals surface area contributed by atoms with E-state index in [2.05, 4.69) is 5.32 Å². The molecule has 1 N–H and O–H groups in total. The molecule has 1 amide bonds. The Balaban J connectivity index is 4.03. The Morgan fingerprint density at radius 1 is 0.512 bits per heavy atom. The smallest absolute Gasteiger partial charge is 0.407 e. The molecule has 0 aromatic heterocycles. The lowest BCUT2D eigenvalue weighted by Crippen LogP contribution is -2.35. The number of hydrogen-bond acceptors (Lipinski definition) is 13. The highest BCUT2D eigenvalue weighted by Crippen LogP contribution is 2.01. The predicted molar refractivity (Wildman–Crippen MR) is 158 cm³/mol. The van der Waals surface area contributed by atoms with Crippen molar-refractivity contribution in [2.75, 3.05) is 140 Å². The van der Waals surface area contributed by atoms with Crippen LogP contribution in [0.3, 0.4) is 0 Å². The summed E-state index contributed by atoms with van der Waals surface area (Å²) in [5, 5.41) is 2.73. The second-order valence-corrected chi connectivity index (χ2v) is 9.28. The van der Waals surface area contributed by atoms with Gasteiger partial charge in [-0.3, -0.25) is 0 Å². The minimum Gasteiger partial charge on any atom is -0.441 e. The molecule has 0 radical (unpaired) electrons. The van der Waals surface area contributed by atoms with Crippen LogP contribution in [0.1, 0.15) is 32.6 Å². The topological polar surface area (TPSA) is 148 Å². The number of nitrogens with one attached hydrogen (secondary N) is 1. The average Bonchev–Trinajstić information content (AvgIpc) is 2.99. The number of unbranched alkanes of at least 4 members (excludes halogenated alkanes) is 2. The summed E-state index contributed by atoms with van der Waals surface area (Å²) >= 11 is 0. The van der Waals surface area contributed by atoms with Crippen molar-refractivity contribution in [3.63, 3.8) is 0 Å². The van der Waals surface area contributed by atoms with Gasteiger partial charge in [0.15, 0.2) is 6.10 Å². The molecule has 0 aromatic rings. The van der Waals surface area contributed by atoms with Crippen LogP contribution in [0.5, 0.6) is 0 Å². The highest BCUT2D eigenvalue weighted by Gasteiger charge is 2.15. The monoisotopic (exact) mass is 627 g/mol. The van der Waals surface area contributed by atoms with Crippen molar-refractivity contribution in [3.05, 3.63) is 0 Å². The lowest BCUT2D eigenvalue weighted by atomic mass is 10.1. The Hall–Kier alpha value is -1.46. The number of ether oxygens (including phenoxy) is 11. The van der Waals surface area contributed by atoms with Crippen molar-refractivity contribution in [1.82, 2.24) is 5.32 Å². The quantitative estimate of drug-likeness (QED) is 0.102. The number of alkyl carbamates (subject to hydrolysis) is 1. The van der Waals surface area contributed by atoms with Crippen LogP contribution in [0.4, 0.5) is 4.79 Å². The predicted octanol–water partition coefficient (Wildman–Crippen LogP) is 1.66. The maximum absolute atomic E-state index is 12.3. The maximum Gasteiger partial charge on any atom is 0.407 e. The summed E-state index contributed by atoms with van der Waals surface area (Å²) in [5.74, 6) is 0.173. The Labute approximate surface area is 257 Å². The summed E-state index contributed by atoms with van der Waals surface area (Å²) in [5.41, 5.74) is 0. The van der Waals surface area contributed by atoms with Crippen molar-refractivity contribution in [3.8, 4) is 0 Å². The summed E-state index contributed by atoms with van der Waals surface area (Å²) < 4.78 is 59.1. The molecular formula is C29H57NO13. The summed E-state index contributed by atoms with van der Waals surface area (Å²) in [4.78, 5) is 23.3. The van der Waals surface area contributed by atoms with Crippen molar-refractivity contribution >= 4 is 11.9 Å². The molecular weight excluding hydrogens is 570 g/mol. The molecule has 0 aliphatic rings. The zero-order valence-corrected chi connectivity index (χ0v) is 26.6. The number of hydrogen-bond donors (Lipinski definition) is 1. The van der Waals surface area contributed by atoms with Gasteiger partial charge in [0.05, 0.1) is 119 Å². The molecule has 0 saturated carbocycles. The Kier molecular flexibility index (Phi) is 33.8. The third-order valence-electron chi connectivity index (χ3n) is 5.45. The first-order valence-corrected chi connectivity index (χ1v) is 15.1. The van der Waals surface area contributed by atoms with Crippen LogP contribution < -0.4 is 5.32 Å². The summed E-state index contributed by atoms with van der Waals surface area (Å²) in [6.45, 7) is 9.79. The molecule has 43 heavy (non-hydrogen) atoms. The third kappa shape index (κ3) is 34.9. The highest BCUT2D eigenvalue weighted by atomic mass is 16.6. The van der Waals surface area contributed by atoms with Gasteiger partial charge in [-0.25, -0.2) is 4.79 Å². The fourth-order valence-corrected chi connectivity index (χ4v) is 3.21. The van der Waals surface area contributed by atoms with Crippen LogP contribution in [-0.2, 0) is 56.9 Å². The fraction of sp³-hybridized carbons (Fsp3) is 0.931. The molecule has 256 valence electrons. The molecule has 0 fully saturated rings. The van der Waals surface area contributed by atoms with E-state index in [-0.39, 0.29) is 19.0 Å². The molecule has 0 atom stereocenters. The Morgan fingerprint density at radius 3 is 1.26 bits per heavy atom. The van der Waals surface area contributed by atoms with Crippen LogP contribution in [-0.4, -0.2) is 158 Å². The van der Waals surface area contributed by atoms with Gasteiger partial charge in [-0.1, -0.05) is 6.42 Å². The van der Waals surface area contributed by atoms with Gasteiger partial charge in [0, 0.05) is 27.2 Å². The standard InChI is InChI=1S/C29H57NO13/c1-27(31)7-5-4-6-8-30-29(32)43-28(25-41-23-21-39-19-17-37-15-13-35-11-9-33-2)26-42-24-22-40-20-18-38-16-14-36-12-10-34-3/h28H,4-26H2,1-3H3,(H,30,32). The van der Waals surface area contributed by atoms with E-state index in [4.69, 9.17) is 52.1 Å². The van der Waals surface area contributed by atoms with Crippen LogP contribution in [0.15, 0.2) is 0 Å². The van der Waals surface area contributed by atoms with Crippen molar-refractivity contribution in [2.45, 2.75) is 38.7 Å². The summed E-state index contributed by atoms with van der Waals surface area (Å²) in [6, 6.07) is 0. The Bertz CT molecular complexity index is 571. The Morgan fingerprint density at radius 2 is 0.884 bits per heavy atom. The number of carbonyl (C=O) groups is 2. The first kappa shape index (κ1) is 41.5. The SMILES string of the molecule is COCCOCCOCCOCCOCC(COCCOCCOCCOCCOC)OC(=O)NCCCCCC(C)=O. The van der Waals surface area contributed by atoms with E-state index >= 15 is 0 Å². The van der Waals surface area contributed by atoms with Gasteiger partial charge in [0.1, 0.15) is 5.78 Å². The van der Waals surface area contributed by atoms with Crippen LogP contribution in [0.25, 0.3) is 0 Å². The molecule has 0 aromatic carbocycles. The molecule has 0 saturated heterocycles. The summed E-state index contributed by atoms with van der Waals surface area (Å²) in [6.07, 6.45) is 1.86. The molecule has 14 nitrogen and oxygen atoms in total. The van der Waals surface area contributed by atoms with Gasteiger partial charge in [-0.2, -0.15) is 0 Å². The zero-order valence-electron chi connectivity index (χ0n) is 26.6. The normalized spacial score (nSPS) is 11.3. The largest absolute Gasteiger partial charge is 0.441 e.